The molecule has 0 saturated carbocycles. The van der Waals surface area contributed by atoms with Crippen molar-refractivity contribution in [3.05, 3.63) is 65.0 Å². The van der Waals surface area contributed by atoms with Crippen LogP contribution in [0.5, 0.6) is 0 Å². The number of aliphatic hydroxyl groups is 1. The molecule has 2 aromatic carbocycles. The molecule has 0 bridgehead atoms. The first-order valence-corrected chi connectivity index (χ1v) is 5.70. The highest BCUT2D eigenvalue weighted by atomic mass is 19.4. The van der Waals surface area contributed by atoms with Crippen molar-refractivity contribution in [2.24, 2.45) is 0 Å². The molecular weight excluding hydrogens is 274 g/mol. The van der Waals surface area contributed by atoms with Crippen LogP contribution in [0.1, 0.15) is 22.8 Å². The number of anilines is 1. The van der Waals surface area contributed by atoms with E-state index in [1.54, 1.807) is 0 Å². The third-order valence-electron chi connectivity index (χ3n) is 2.94. The second-order valence-corrected chi connectivity index (χ2v) is 4.23. The topological polar surface area (TPSA) is 46.2 Å². The van der Waals surface area contributed by atoms with E-state index < -0.39 is 29.3 Å². The summed E-state index contributed by atoms with van der Waals surface area (Å²) >= 11 is 0. The van der Waals surface area contributed by atoms with Crippen LogP contribution < -0.4 is 5.73 Å². The maximum absolute atomic E-state index is 13.6. The molecule has 0 spiro atoms. The van der Waals surface area contributed by atoms with Crippen LogP contribution in [0.25, 0.3) is 0 Å². The molecule has 20 heavy (non-hydrogen) atoms. The molecule has 1 atom stereocenters. The lowest BCUT2D eigenvalue weighted by Gasteiger charge is -2.18. The highest BCUT2D eigenvalue weighted by Gasteiger charge is 2.34. The van der Waals surface area contributed by atoms with E-state index >= 15 is 0 Å². The Kier molecular flexibility index (Phi) is 3.67. The maximum atomic E-state index is 13.6. The standard InChI is InChI=1S/C14H11F4NO/c15-11-7-2-1-4-8(11)13(20)9-5-3-6-10(12(9)19)14(16,17)18/h1-7,13,20H,19H2. The first-order chi connectivity index (χ1) is 9.32. The van der Waals surface area contributed by atoms with Gasteiger partial charge >= 0.3 is 6.18 Å². The third-order valence-corrected chi connectivity index (χ3v) is 2.94. The minimum absolute atomic E-state index is 0.126. The van der Waals surface area contributed by atoms with Crippen molar-refractivity contribution < 1.29 is 22.7 Å². The Labute approximate surface area is 112 Å². The predicted molar refractivity (Wildman–Crippen MR) is 66.3 cm³/mol. The number of alkyl halides is 3. The fraction of sp³-hybridized carbons (Fsp3) is 0.143. The number of hydrogen-bond donors (Lipinski definition) is 2. The number of benzene rings is 2. The second-order valence-electron chi connectivity index (χ2n) is 4.23. The molecule has 0 heterocycles. The van der Waals surface area contributed by atoms with Crippen molar-refractivity contribution in [2.75, 3.05) is 5.73 Å². The maximum Gasteiger partial charge on any atom is 0.418 e. The molecule has 2 nitrogen and oxygen atoms in total. The van der Waals surface area contributed by atoms with Crippen molar-refractivity contribution in [3.8, 4) is 0 Å². The molecule has 1 unspecified atom stereocenters. The fourth-order valence-electron chi connectivity index (χ4n) is 1.93. The van der Waals surface area contributed by atoms with Crippen molar-refractivity contribution in [3.63, 3.8) is 0 Å². The number of aliphatic hydroxyl groups excluding tert-OH is 1. The molecule has 0 fully saturated rings. The average molecular weight is 285 g/mol. The van der Waals surface area contributed by atoms with Gasteiger partial charge in [0.2, 0.25) is 0 Å². The van der Waals surface area contributed by atoms with Crippen LogP contribution in [0.15, 0.2) is 42.5 Å². The van der Waals surface area contributed by atoms with E-state index in [9.17, 15) is 22.7 Å². The number of nitrogen functional groups attached to an aromatic ring is 1. The third kappa shape index (κ3) is 2.60. The summed E-state index contributed by atoms with van der Waals surface area (Å²) in [5.74, 6) is -0.711. The Bertz CT molecular complexity index is 625. The molecule has 0 aliphatic rings. The van der Waals surface area contributed by atoms with E-state index in [0.717, 1.165) is 18.2 Å². The summed E-state index contributed by atoms with van der Waals surface area (Å²) in [7, 11) is 0. The minimum atomic E-state index is -4.63. The van der Waals surface area contributed by atoms with E-state index in [4.69, 9.17) is 5.73 Å². The van der Waals surface area contributed by atoms with Gasteiger partial charge in [0.1, 0.15) is 11.9 Å². The minimum Gasteiger partial charge on any atom is -0.398 e. The lowest BCUT2D eigenvalue weighted by molar-refractivity contribution is -0.137. The van der Waals surface area contributed by atoms with Crippen molar-refractivity contribution in [1.82, 2.24) is 0 Å². The molecule has 0 radical (unpaired) electrons. The average Bonchev–Trinajstić information content (AvgIpc) is 2.37. The van der Waals surface area contributed by atoms with Gasteiger partial charge in [-0.05, 0) is 12.1 Å². The largest absolute Gasteiger partial charge is 0.418 e. The number of hydrogen-bond acceptors (Lipinski definition) is 2. The van der Waals surface area contributed by atoms with Gasteiger partial charge in [-0.2, -0.15) is 13.2 Å². The van der Waals surface area contributed by atoms with Gasteiger partial charge in [-0.1, -0.05) is 30.3 Å². The first kappa shape index (κ1) is 14.3. The normalized spacial score (nSPS) is 13.2. The number of rotatable bonds is 2. The van der Waals surface area contributed by atoms with Gasteiger partial charge in [0.25, 0.3) is 0 Å². The van der Waals surface area contributed by atoms with Gasteiger partial charge in [-0.3, -0.25) is 0 Å². The van der Waals surface area contributed by atoms with Crippen molar-refractivity contribution in [1.29, 1.82) is 0 Å². The Morgan fingerprint density at radius 3 is 2.15 bits per heavy atom. The van der Waals surface area contributed by atoms with Crippen molar-refractivity contribution >= 4 is 5.69 Å². The summed E-state index contributed by atoms with van der Waals surface area (Å²) in [5, 5.41) is 10.1. The molecule has 2 rings (SSSR count). The quantitative estimate of drug-likeness (QED) is 0.655. The van der Waals surface area contributed by atoms with Crippen molar-refractivity contribution in [2.45, 2.75) is 12.3 Å². The van der Waals surface area contributed by atoms with Gasteiger partial charge in [0, 0.05) is 16.8 Å². The molecule has 0 amide bonds. The summed E-state index contributed by atoms with van der Waals surface area (Å²) in [5.41, 5.74) is 3.50. The highest BCUT2D eigenvalue weighted by Crippen LogP contribution is 2.38. The van der Waals surface area contributed by atoms with Crippen LogP contribution in [0, 0.1) is 5.82 Å². The number of halogens is 4. The Morgan fingerprint density at radius 1 is 0.950 bits per heavy atom. The second kappa shape index (κ2) is 5.13. The first-order valence-electron chi connectivity index (χ1n) is 5.70. The van der Waals surface area contributed by atoms with Gasteiger partial charge in [-0.25, -0.2) is 4.39 Å². The van der Waals surface area contributed by atoms with Crippen LogP contribution in [0.2, 0.25) is 0 Å². The van der Waals surface area contributed by atoms with E-state index in [-0.39, 0.29) is 11.1 Å². The molecule has 3 N–H and O–H groups in total. The molecule has 0 aliphatic carbocycles. The lowest BCUT2D eigenvalue weighted by atomic mass is 9.97. The van der Waals surface area contributed by atoms with Gasteiger partial charge in [0.15, 0.2) is 0 Å². The van der Waals surface area contributed by atoms with Crippen LogP contribution in [0.4, 0.5) is 23.2 Å². The number of para-hydroxylation sites is 1. The Morgan fingerprint density at radius 2 is 1.55 bits per heavy atom. The van der Waals surface area contributed by atoms with Crippen LogP contribution >= 0.6 is 0 Å². The van der Waals surface area contributed by atoms with Crippen LogP contribution in [-0.2, 0) is 6.18 Å². The van der Waals surface area contributed by atoms with Crippen LogP contribution in [0.3, 0.4) is 0 Å². The lowest BCUT2D eigenvalue weighted by Crippen LogP contribution is -2.13. The number of nitrogens with two attached hydrogens (primary N) is 1. The van der Waals surface area contributed by atoms with Gasteiger partial charge in [0.05, 0.1) is 5.56 Å². The van der Waals surface area contributed by atoms with Gasteiger partial charge < -0.3 is 10.8 Å². The van der Waals surface area contributed by atoms with Gasteiger partial charge in [-0.15, -0.1) is 0 Å². The predicted octanol–water partition coefficient (Wildman–Crippen LogP) is 3.51. The zero-order chi connectivity index (χ0) is 14.9. The summed E-state index contributed by atoms with van der Waals surface area (Å²) in [6, 6.07) is 8.47. The summed E-state index contributed by atoms with van der Waals surface area (Å²) in [6.07, 6.45) is -6.19. The van der Waals surface area contributed by atoms with E-state index in [1.807, 2.05) is 0 Å². The summed E-state index contributed by atoms with van der Waals surface area (Å²) in [4.78, 5) is 0. The smallest absolute Gasteiger partial charge is 0.398 e. The molecular formula is C14H11F4NO. The molecule has 106 valence electrons. The van der Waals surface area contributed by atoms with Crippen LogP contribution in [-0.4, -0.2) is 5.11 Å². The monoisotopic (exact) mass is 285 g/mol. The Balaban J connectivity index is 2.52. The Hall–Kier alpha value is -2.08. The fourth-order valence-corrected chi connectivity index (χ4v) is 1.93. The molecule has 6 heteroatoms. The van der Waals surface area contributed by atoms with E-state index in [1.165, 1.54) is 24.3 Å². The van der Waals surface area contributed by atoms with E-state index in [0.29, 0.717) is 0 Å². The molecule has 2 aromatic rings. The molecule has 0 aromatic heterocycles. The molecule has 0 saturated heterocycles. The zero-order valence-corrected chi connectivity index (χ0v) is 10.2. The molecule has 0 aliphatic heterocycles. The summed E-state index contributed by atoms with van der Waals surface area (Å²) in [6.45, 7) is 0. The zero-order valence-electron chi connectivity index (χ0n) is 10.2. The highest BCUT2D eigenvalue weighted by molar-refractivity contribution is 5.57. The SMILES string of the molecule is Nc1c(C(O)c2ccccc2F)cccc1C(F)(F)F. The van der Waals surface area contributed by atoms with E-state index in [2.05, 4.69) is 0 Å². The summed E-state index contributed by atoms with van der Waals surface area (Å²) < 4.78 is 51.8.